The van der Waals surface area contributed by atoms with Crippen molar-refractivity contribution in [3.8, 4) is 0 Å². The van der Waals surface area contributed by atoms with E-state index in [9.17, 15) is 5.11 Å². The van der Waals surface area contributed by atoms with Crippen LogP contribution in [0.25, 0.3) is 0 Å². The van der Waals surface area contributed by atoms with Crippen LogP contribution in [0.1, 0.15) is 77.6 Å². The van der Waals surface area contributed by atoms with Crippen molar-refractivity contribution in [2.45, 2.75) is 83.7 Å². The van der Waals surface area contributed by atoms with Crippen molar-refractivity contribution in [1.29, 1.82) is 0 Å². The van der Waals surface area contributed by atoms with Crippen molar-refractivity contribution in [3.05, 3.63) is 12.3 Å². The maximum Gasteiger partial charge on any atom is 0.114 e. The van der Waals surface area contributed by atoms with Crippen LogP contribution in [0.4, 0.5) is 0 Å². The van der Waals surface area contributed by atoms with Gasteiger partial charge in [0.15, 0.2) is 0 Å². The normalized spacial score (nSPS) is 12.6. The smallest absolute Gasteiger partial charge is 0.114 e. The third-order valence-electron chi connectivity index (χ3n) is 3.22. The van der Waals surface area contributed by atoms with Crippen LogP contribution < -0.4 is 0 Å². The van der Waals surface area contributed by atoms with E-state index in [0.29, 0.717) is 6.42 Å². The average molecular weight is 242 g/mol. The summed E-state index contributed by atoms with van der Waals surface area (Å²) >= 11 is 0. The third-order valence-corrected chi connectivity index (χ3v) is 3.22. The molecule has 0 saturated heterocycles. The maximum absolute atomic E-state index is 9.30. The van der Waals surface area contributed by atoms with Crippen LogP contribution in [-0.4, -0.2) is 16.3 Å². The minimum atomic E-state index is -0.718. The van der Waals surface area contributed by atoms with Gasteiger partial charge in [0.25, 0.3) is 0 Å². The molecule has 0 radical (unpaired) electrons. The summed E-state index contributed by atoms with van der Waals surface area (Å²) in [7, 11) is 0. The molecule has 0 saturated carbocycles. The van der Waals surface area contributed by atoms with E-state index < -0.39 is 6.10 Å². The molecule has 0 aliphatic heterocycles. The molecule has 1 unspecified atom stereocenters. The third kappa shape index (κ3) is 11.8. The van der Waals surface area contributed by atoms with E-state index in [2.05, 4.69) is 13.5 Å². The molecule has 0 amide bonds. The van der Waals surface area contributed by atoms with E-state index in [-0.39, 0.29) is 5.76 Å². The van der Waals surface area contributed by atoms with Gasteiger partial charge in [0.1, 0.15) is 11.9 Å². The Labute approximate surface area is 107 Å². The van der Waals surface area contributed by atoms with E-state index in [4.69, 9.17) is 5.11 Å². The lowest BCUT2D eigenvalue weighted by Crippen LogP contribution is -2.08. The summed E-state index contributed by atoms with van der Waals surface area (Å²) in [6.45, 7) is 5.57. The number of aliphatic hydroxyl groups excluding tert-OH is 2. The minimum absolute atomic E-state index is 0.0964. The summed E-state index contributed by atoms with van der Waals surface area (Å²) < 4.78 is 0. The lowest BCUT2D eigenvalue weighted by atomic mass is 10.0. The minimum Gasteiger partial charge on any atom is -0.510 e. The Morgan fingerprint density at radius 3 is 1.71 bits per heavy atom. The van der Waals surface area contributed by atoms with E-state index in [1.807, 2.05) is 0 Å². The maximum atomic E-state index is 9.30. The Kier molecular flexibility index (Phi) is 11.6. The van der Waals surface area contributed by atoms with Gasteiger partial charge in [0.2, 0.25) is 0 Å². The summed E-state index contributed by atoms with van der Waals surface area (Å²) in [5, 5.41) is 18.2. The Bertz CT molecular complexity index is 178. The van der Waals surface area contributed by atoms with Crippen molar-refractivity contribution >= 4 is 0 Å². The summed E-state index contributed by atoms with van der Waals surface area (Å²) in [5.41, 5.74) is 0. The quantitative estimate of drug-likeness (QED) is 0.383. The summed E-state index contributed by atoms with van der Waals surface area (Å²) in [6.07, 6.45) is 12.8. The molecule has 0 aromatic rings. The fourth-order valence-corrected chi connectivity index (χ4v) is 1.99. The second-order valence-electron chi connectivity index (χ2n) is 4.98. The summed E-state index contributed by atoms with van der Waals surface area (Å²) in [6, 6.07) is 0. The van der Waals surface area contributed by atoms with Gasteiger partial charge in [-0.2, -0.15) is 0 Å². The second-order valence-corrected chi connectivity index (χ2v) is 4.98. The van der Waals surface area contributed by atoms with E-state index in [0.717, 1.165) is 12.8 Å². The van der Waals surface area contributed by atoms with Gasteiger partial charge in [-0.3, -0.25) is 0 Å². The average Bonchev–Trinajstić information content (AvgIpc) is 2.31. The van der Waals surface area contributed by atoms with Crippen LogP contribution in [0.3, 0.4) is 0 Å². The zero-order valence-corrected chi connectivity index (χ0v) is 11.5. The van der Waals surface area contributed by atoms with Gasteiger partial charge in [-0.15, -0.1) is 0 Å². The van der Waals surface area contributed by atoms with Crippen molar-refractivity contribution in [2.24, 2.45) is 0 Å². The fraction of sp³-hybridized carbons (Fsp3) is 0.867. The molecule has 0 spiro atoms. The summed E-state index contributed by atoms with van der Waals surface area (Å²) in [4.78, 5) is 0. The Balaban J connectivity index is 3.06. The van der Waals surface area contributed by atoms with Crippen LogP contribution in [0.5, 0.6) is 0 Å². The van der Waals surface area contributed by atoms with Crippen molar-refractivity contribution < 1.29 is 10.2 Å². The standard InChI is InChI=1S/C15H30O2/c1-3-4-5-6-7-8-9-10-11-12-13-15(17)14(2)16/h15-17H,2-13H2,1H3. The molecule has 1 atom stereocenters. The summed E-state index contributed by atoms with van der Waals surface area (Å²) in [5.74, 6) is -0.0964. The number of unbranched alkanes of at least 4 members (excludes halogenated alkanes) is 9. The first-order chi connectivity index (χ1) is 8.18. The fourth-order valence-electron chi connectivity index (χ4n) is 1.99. The lowest BCUT2D eigenvalue weighted by Gasteiger charge is -2.08. The zero-order valence-electron chi connectivity index (χ0n) is 11.5. The molecule has 2 heteroatoms. The first-order valence-corrected chi connectivity index (χ1v) is 7.24. The van der Waals surface area contributed by atoms with Crippen LogP contribution in [0, 0.1) is 0 Å². The Morgan fingerprint density at radius 1 is 0.882 bits per heavy atom. The van der Waals surface area contributed by atoms with Gasteiger partial charge < -0.3 is 10.2 Å². The molecule has 0 aliphatic rings. The lowest BCUT2D eigenvalue weighted by molar-refractivity contribution is 0.142. The highest BCUT2D eigenvalue weighted by molar-refractivity contribution is 4.88. The van der Waals surface area contributed by atoms with Gasteiger partial charge in [-0.05, 0) is 6.42 Å². The van der Waals surface area contributed by atoms with Crippen molar-refractivity contribution in [1.82, 2.24) is 0 Å². The van der Waals surface area contributed by atoms with Gasteiger partial charge in [0, 0.05) is 0 Å². The molecule has 0 aromatic heterocycles. The molecular formula is C15H30O2. The number of aliphatic hydroxyl groups is 2. The SMILES string of the molecule is C=C(O)C(O)CCCCCCCCCCCC. The number of hydrogen-bond acceptors (Lipinski definition) is 2. The zero-order chi connectivity index (χ0) is 12.9. The molecule has 17 heavy (non-hydrogen) atoms. The number of hydrogen-bond donors (Lipinski definition) is 2. The van der Waals surface area contributed by atoms with Crippen molar-refractivity contribution in [3.63, 3.8) is 0 Å². The molecule has 2 N–H and O–H groups in total. The van der Waals surface area contributed by atoms with Crippen LogP contribution >= 0.6 is 0 Å². The predicted octanol–water partition coefficient (Wildman–Crippen LogP) is 4.73. The van der Waals surface area contributed by atoms with Gasteiger partial charge >= 0.3 is 0 Å². The van der Waals surface area contributed by atoms with Crippen LogP contribution in [0.2, 0.25) is 0 Å². The van der Waals surface area contributed by atoms with Gasteiger partial charge in [-0.1, -0.05) is 77.7 Å². The van der Waals surface area contributed by atoms with Crippen LogP contribution in [0.15, 0.2) is 12.3 Å². The van der Waals surface area contributed by atoms with Gasteiger partial charge in [0.05, 0.1) is 0 Å². The predicted molar refractivity (Wildman–Crippen MR) is 74.2 cm³/mol. The molecular weight excluding hydrogens is 212 g/mol. The molecule has 0 heterocycles. The van der Waals surface area contributed by atoms with Crippen LogP contribution in [-0.2, 0) is 0 Å². The molecule has 102 valence electrons. The van der Waals surface area contributed by atoms with Gasteiger partial charge in [-0.25, -0.2) is 0 Å². The largest absolute Gasteiger partial charge is 0.510 e. The van der Waals surface area contributed by atoms with Crippen molar-refractivity contribution in [2.75, 3.05) is 0 Å². The Hall–Kier alpha value is -0.500. The van der Waals surface area contributed by atoms with E-state index in [1.165, 1.54) is 51.4 Å². The molecule has 0 fully saturated rings. The molecule has 0 rings (SSSR count). The van der Waals surface area contributed by atoms with E-state index in [1.54, 1.807) is 0 Å². The first kappa shape index (κ1) is 16.5. The first-order valence-electron chi connectivity index (χ1n) is 7.24. The Morgan fingerprint density at radius 2 is 1.29 bits per heavy atom. The molecule has 0 aromatic carbocycles. The highest BCUT2D eigenvalue weighted by Crippen LogP contribution is 2.13. The highest BCUT2D eigenvalue weighted by Gasteiger charge is 2.05. The molecule has 0 bridgehead atoms. The molecule has 0 aliphatic carbocycles. The second kappa shape index (κ2) is 12.0. The molecule has 2 nitrogen and oxygen atoms in total. The van der Waals surface area contributed by atoms with E-state index >= 15 is 0 Å². The topological polar surface area (TPSA) is 40.5 Å². The number of rotatable bonds is 12. The monoisotopic (exact) mass is 242 g/mol. The highest BCUT2D eigenvalue weighted by atomic mass is 16.3.